The van der Waals surface area contributed by atoms with Crippen molar-refractivity contribution in [1.29, 1.82) is 0 Å². The minimum atomic E-state index is -6.69. The molecule has 0 unspecified atom stereocenters. The van der Waals surface area contributed by atoms with Crippen molar-refractivity contribution in [3.05, 3.63) is 65.7 Å². The molecule has 1 atom stereocenters. The molecule has 0 radical (unpaired) electrons. The maximum absolute atomic E-state index is 14.2. The highest BCUT2D eigenvalue weighted by Gasteiger charge is 2.77. The Morgan fingerprint density at radius 3 is 1.90 bits per heavy atom. The number of hydrogen-bond acceptors (Lipinski definition) is 4. The van der Waals surface area contributed by atoms with Crippen LogP contribution in [0.1, 0.15) is 11.1 Å². The monoisotopic (exact) mass is 460 g/mol. The zero-order valence-electron chi connectivity index (χ0n) is 15.2. The average molecular weight is 460 g/mol. The van der Waals surface area contributed by atoms with E-state index in [1.165, 1.54) is 42.5 Å². The van der Waals surface area contributed by atoms with Gasteiger partial charge in [0.05, 0.1) is 11.5 Å². The van der Waals surface area contributed by atoms with Crippen LogP contribution in [0.5, 0.6) is 0 Å². The second kappa shape index (κ2) is 8.52. The molecule has 0 aliphatic carbocycles. The highest BCUT2D eigenvalue weighted by Crippen LogP contribution is 2.49. The van der Waals surface area contributed by atoms with E-state index in [9.17, 15) is 39.2 Å². The van der Waals surface area contributed by atoms with Gasteiger partial charge in [0.2, 0.25) is 6.29 Å². The van der Waals surface area contributed by atoms with Gasteiger partial charge in [-0.1, -0.05) is 48.0 Å². The van der Waals surface area contributed by atoms with Gasteiger partial charge >= 0.3 is 18.0 Å². The number of alkyl halides is 7. The summed E-state index contributed by atoms with van der Waals surface area (Å²) in [6.07, 6.45) is -10.5. The molecular formula is C18H15F7O4S. The van der Waals surface area contributed by atoms with E-state index in [4.69, 9.17) is 0 Å². The summed E-state index contributed by atoms with van der Waals surface area (Å²) in [5.41, 5.74) is 0.671. The Morgan fingerprint density at radius 2 is 1.40 bits per heavy atom. The number of halogens is 7. The molecule has 0 saturated carbocycles. The Bertz CT molecular complexity index is 943. The summed E-state index contributed by atoms with van der Waals surface area (Å²) in [4.78, 5) is -0.729. The summed E-state index contributed by atoms with van der Waals surface area (Å²) in [7, 11) is -5.18. The molecule has 0 fully saturated rings. The quantitative estimate of drug-likeness (QED) is 0.313. The van der Waals surface area contributed by atoms with Gasteiger partial charge in [-0.25, -0.2) is 4.18 Å². The van der Waals surface area contributed by atoms with E-state index in [1.807, 2.05) is 0 Å². The Kier molecular flexibility index (Phi) is 6.84. The Balaban J connectivity index is 2.41. The highest BCUT2D eigenvalue weighted by molar-refractivity contribution is 7.86. The lowest BCUT2D eigenvalue weighted by atomic mass is 10.1. The highest BCUT2D eigenvalue weighted by atomic mass is 32.2. The molecule has 2 aromatic carbocycles. The van der Waals surface area contributed by atoms with Gasteiger partial charge in [0.25, 0.3) is 10.1 Å². The molecule has 12 heteroatoms. The number of benzene rings is 2. The van der Waals surface area contributed by atoms with E-state index in [0.29, 0.717) is 5.56 Å². The van der Waals surface area contributed by atoms with E-state index in [2.05, 4.69) is 8.92 Å². The van der Waals surface area contributed by atoms with Gasteiger partial charge in [-0.3, -0.25) is 0 Å². The number of hydrogen-bond donors (Lipinski definition) is 0. The predicted molar refractivity (Wildman–Crippen MR) is 90.4 cm³/mol. The van der Waals surface area contributed by atoms with Crippen molar-refractivity contribution in [2.75, 3.05) is 0 Å². The van der Waals surface area contributed by atoms with Crippen LogP contribution < -0.4 is 0 Å². The first-order valence-corrected chi connectivity index (χ1v) is 9.57. The van der Waals surface area contributed by atoms with Crippen LogP contribution in [0.2, 0.25) is 0 Å². The lowest BCUT2D eigenvalue weighted by Gasteiger charge is -2.33. The second-order valence-corrected chi connectivity index (χ2v) is 7.76. The van der Waals surface area contributed by atoms with E-state index in [1.54, 1.807) is 6.92 Å². The van der Waals surface area contributed by atoms with Crippen LogP contribution in [-0.4, -0.2) is 32.7 Å². The fraction of sp³-hybridized carbons (Fsp3) is 0.333. The molecule has 0 spiro atoms. The molecule has 0 saturated heterocycles. The predicted octanol–water partition coefficient (Wildman–Crippen LogP) is 5.08. The molecule has 2 rings (SSSR count). The molecule has 0 heterocycles. The molecule has 30 heavy (non-hydrogen) atoms. The summed E-state index contributed by atoms with van der Waals surface area (Å²) in [5, 5.41) is 0. The average Bonchev–Trinajstić information content (AvgIpc) is 2.65. The number of rotatable bonds is 8. The molecule has 166 valence electrons. The Labute approximate surface area is 167 Å². The van der Waals surface area contributed by atoms with Crippen molar-refractivity contribution in [1.82, 2.24) is 0 Å². The van der Waals surface area contributed by atoms with E-state index < -0.39 is 45.9 Å². The molecule has 0 bridgehead atoms. The van der Waals surface area contributed by atoms with Crippen molar-refractivity contribution in [3.63, 3.8) is 0 Å². The third-order valence-electron chi connectivity index (χ3n) is 3.84. The van der Waals surface area contributed by atoms with Gasteiger partial charge < -0.3 is 4.74 Å². The lowest BCUT2D eigenvalue weighted by Crippen LogP contribution is -2.59. The van der Waals surface area contributed by atoms with Crippen molar-refractivity contribution < 1.29 is 48.1 Å². The van der Waals surface area contributed by atoms with Crippen molar-refractivity contribution in [3.8, 4) is 0 Å². The van der Waals surface area contributed by atoms with Crippen molar-refractivity contribution in [2.24, 2.45) is 0 Å². The molecular weight excluding hydrogens is 445 g/mol. The van der Waals surface area contributed by atoms with Gasteiger partial charge in [-0.05, 0) is 24.6 Å². The van der Waals surface area contributed by atoms with Crippen LogP contribution in [0.15, 0.2) is 59.5 Å². The minimum absolute atomic E-state index is 0.102. The van der Waals surface area contributed by atoms with Crippen LogP contribution in [-0.2, 0) is 25.6 Å². The smallest absolute Gasteiger partial charge is 0.341 e. The zero-order chi connectivity index (χ0) is 22.8. The van der Waals surface area contributed by atoms with Crippen LogP contribution in [0.25, 0.3) is 0 Å². The number of aryl methyl sites for hydroxylation is 1. The maximum atomic E-state index is 14.2. The summed E-state index contributed by atoms with van der Waals surface area (Å²) >= 11 is 0. The molecule has 0 aliphatic heterocycles. The Hall–Kier alpha value is -2.18. The van der Waals surface area contributed by atoms with Crippen molar-refractivity contribution in [2.45, 2.75) is 42.7 Å². The first-order valence-electron chi connectivity index (χ1n) is 8.16. The molecule has 0 aliphatic rings. The van der Waals surface area contributed by atoms with Crippen LogP contribution in [0.4, 0.5) is 30.7 Å². The molecule has 2 aromatic rings. The zero-order valence-corrected chi connectivity index (χ0v) is 16.0. The molecule has 0 aromatic heterocycles. The fourth-order valence-electron chi connectivity index (χ4n) is 2.15. The first kappa shape index (κ1) is 24.1. The summed E-state index contributed by atoms with van der Waals surface area (Å²) in [6.45, 7) is 0.652. The second-order valence-electron chi connectivity index (χ2n) is 6.19. The third kappa shape index (κ3) is 5.10. The van der Waals surface area contributed by atoms with Gasteiger partial charge in [-0.15, -0.1) is 0 Å². The van der Waals surface area contributed by atoms with Gasteiger partial charge in [-0.2, -0.15) is 39.2 Å². The van der Waals surface area contributed by atoms with E-state index in [0.717, 1.165) is 12.1 Å². The van der Waals surface area contributed by atoms with Crippen LogP contribution in [0, 0.1) is 6.92 Å². The van der Waals surface area contributed by atoms with E-state index >= 15 is 0 Å². The van der Waals surface area contributed by atoms with Crippen molar-refractivity contribution >= 4 is 10.1 Å². The molecule has 0 amide bonds. The summed E-state index contributed by atoms with van der Waals surface area (Å²) in [6, 6.07) is 11.3. The Morgan fingerprint density at radius 1 is 0.867 bits per heavy atom. The molecule has 4 nitrogen and oxygen atoms in total. The lowest BCUT2D eigenvalue weighted by molar-refractivity contribution is -0.392. The molecule has 0 N–H and O–H groups in total. The number of ether oxygens (including phenoxy) is 1. The summed E-state index contributed by atoms with van der Waals surface area (Å²) in [5.74, 6) is -12.7. The van der Waals surface area contributed by atoms with Gasteiger partial charge in [0.15, 0.2) is 0 Å². The van der Waals surface area contributed by atoms with E-state index in [-0.39, 0.29) is 5.56 Å². The third-order valence-corrected chi connectivity index (χ3v) is 5.12. The standard InChI is InChI=1S/C18H15F7O4S/c1-12-7-9-14(10-8-12)30(26,27)29-15(28-11-13-5-3-2-4-6-13)16(19,20)17(21,22)18(23,24)25/h2-10,15H,11H2,1H3/t15-/m1/s1. The normalized spacial score (nSPS) is 14.5. The maximum Gasteiger partial charge on any atom is 0.460 e. The minimum Gasteiger partial charge on any atom is -0.341 e. The van der Waals surface area contributed by atoms with Gasteiger partial charge in [0.1, 0.15) is 0 Å². The van der Waals surface area contributed by atoms with Gasteiger partial charge in [0, 0.05) is 0 Å². The SMILES string of the molecule is Cc1ccc(S(=O)(=O)O[C@@H](OCc2ccccc2)C(F)(F)C(F)(F)C(F)(F)F)cc1. The fourth-order valence-corrected chi connectivity index (χ4v) is 3.14. The first-order chi connectivity index (χ1) is 13.7. The summed E-state index contributed by atoms with van der Waals surface area (Å²) < 4.78 is 126. The topological polar surface area (TPSA) is 52.6 Å². The van der Waals surface area contributed by atoms with Crippen LogP contribution >= 0.6 is 0 Å². The largest absolute Gasteiger partial charge is 0.460 e. The van der Waals surface area contributed by atoms with Crippen LogP contribution in [0.3, 0.4) is 0 Å².